The SMILES string of the molecule is O=c1oc2ccc3ccccc3c2cc1-c1nc(-c2ccc(Cl)cc2)cs1. The first-order chi connectivity index (χ1) is 13.2. The summed E-state index contributed by atoms with van der Waals surface area (Å²) in [5.41, 5.74) is 2.44. The van der Waals surface area contributed by atoms with Crippen molar-refractivity contribution in [3.05, 3.63) is 87.6 Å². The molecule has 0 saturated carbocycles. The van der Waals surface area contributed by atoms with Crippen LogP contribution in [0.3, 0.4) is 0 Å². The van der Waals surface area contributed by atoms with Crippen LogP contribution in [0.1, 0.15) is 0 Å². The standard InChI is InChI=1S/C22H12ClNO2S/c23-15-8-5-14(6-9-15)19-12-27-21(24-19)18-11-17-16-4-2-1-3-13(16)7-10-20(17)26-22(18)25/h1-12H. The molecule has 0 atom stereocenters. The first-order valence-corrected chi connectivity index (χ1v) is 9.62. The summed E-state index contributed by atoms with van der Waals surface area (Å²) < 4.78 is 5.58. The van der Waals surface area contributed by atoms with E-state index in [0.29, 0.717) is 21.2 Å². The molecule has 5 heteroatoms. The van der Waals surface area contributed by atoms with E-state index in [0.717, 1.165) is 27.4 Å². The van der Waals surface area contributed by atoms with E-state index in [4.69, 9.17) is 16.0 Å². The summed E-state index contributed by atoms with van der Waals surface area (Å²) in [6, 6.07) is 21.2. The van der Waals surface area contributed by atoms with Gasteiger partial charge in [0.25, 0.3) is 0 Å². The Labute approximate surface area is 163 Å². The monoisotopic (exact) mass is 389 g/mol. The fourth-order valence-electron chi connectivity index (χ4n) is 3.17. The summed E-state index contributed by atoms with van der Waals surface area (Å²) in [6.45, 7) is 0. The predicted molar refractivity (Wildman–Crippen MR) is 112 cm³/mol. The molecule has 5 rings (SSSR count). The molecule has 0 bridgehead atoms. The van der Waals surface area contributed by atoms with Gasteiger partial charge in [0.15, 0.2) is 0 Å². The van der Waals surface area contributed by atoms with E-state index in [1.54, 1.807) is 0 Å². The maximum absolute atomic E-state index is 12.5. The van der Waals surface area contributed by atoms with Crippen LogP contribution in [0.25, 0.3) is 43.6 Å². The fourth-order valence-corrected chi connectivity index (χ4v) is 4.13. The molecule has 0 aliphatic heterocycles. The van der Waals surface area contributed by atoms with E-state index >= 15 is 0 Å². The number of fused-ring (bicyclic) bond motifs is 3. The van der Waals surface area contributed by atoms with Crippen molar-refractivity contribution in [2.24, 2.45) is 0 Å². The van der Waals surface area contributed by atoms with Gasteiger partial charge in [-0.2, -0.15) is 0 Å². The first-order valence-electron chi connectivity index (χ1n) is 8.36. The minimum absolute atomic E-state index is 0.380. The molecule has 0 radical (unpaired) electrons. The first kappa shape index (κ1) is 16.2. The summed E-state index contributed by atoms with van der Waals surface area (Å²) in [7, 11) is 0. The highest BCUT2D eigenvalue weighted by Crippen LogP contribution is 2.31. The van der Waals surface area contributed by atoms with E-state index in [9.17, 15) is 4.79 Å². The van der Waals surface area contributed by atoms with Crippen molar-refractivity contribution in [2.45, 2.75) is 0 Å². The van der Waals surface area contributed by atoms with Gasteiger partial charge < -0.3 is 4.42 Å². The van der Waals surface area contributed by atoms with Crippen LogP contribution in [0.5, 0.6) is 0 Å². The van der Waals surface area contributed by atoms with Gasteiger partial charge in [0, 0.05) is 21.4 Å². The van der Waals surface area contributed by atoms with Crippen molar-refractivity contribution in [1.29, 1.82) is 0 Å². The molecule has 5 aromatic rings. The van der Waals surface area contributed by atoms with Gasteiger partial charge in [0.1, 0.15) is 10.6 Å². The van der Waals surface area contributed by atoms with Crippen molar-refractivity contribution in [3.63, 3.8) is 0 Å². The summed E-state index contributed by atoms with van der Waals surface area (Å²) in [5.74, 6) is 0. The Morgan fingerprint density at radius 2 is 1.74 bits per heavy atom. The molecule has 27 heavy (non-hydrogen) atoms. The molecule has 3 aromatic carbocycles. The summed E-state index contributed by atoms with van der Waals surface area (Å²) in [5, 5.41) is 6.32. The topological polar surface area (TPSA) is 43.1 Å². The Morgan fingerprint density at radius 1 is 0.926 bits per heavy atom. The van der Waals surface area contributed by atoms with Crippen molar-refractivity contribution in [3.8, 4) is 21.8 Å². The largest absolute Gasteiger partial charge is 0.422 e. The lowest BCUT2D eigenvalue weighted by Gasteiger charge is -2.04. The Morgan fingerprint density at radius 3 is 2.59 bits per heavy atom. The third-order valence-electron chi connectivity index (χ3n) is 4.52. The smallest absolute Gasteiger partial charge is 0.346 e. The van der Waals surface area contributed by atoms with Crippen LogP contribution in [0, 0.1) is 0 Å². The molecule has 0 saturated heterocycles. The van der Waals surface area contributed by atoms with Crippen LogP contribution in [0.15, 0.2) is 81.3 Å². The highest BCUT2D eigenvalue weighted by atomic mass is 35.5. The third kappa shape index (κ3) is 2.83. The summed E-state index contributed by atoms with van der Waals surface area (Å²) in [6.07, 6.45) is 0. The zero-order chi connectivity index (χ0) is 18.4. The lowest BCUT2D eigenvalue weighted by molar-refractivity contribution is 0.564. The number of hydrogen-bond acceptors (Lipinski definition) is 4. The molecule has 0 aliphatic carbocycles. The van der Waals surface area contributed by atoms with Crippen molar-refractivity contribution in [1.82, 2.24) is 4.98 Å². The second-order valence-electron chi connectivity index (χ2n) is 6.19. The van der Waals surface area contributed by atoms with Crippen LogP contribution in [0.4, 0.5) is 0 Å². The van der Waals surface area contributed by atoms with Crippen molar-refractivity contribution >= 4 is 44.7 Å². The van der Waals surface area contributed by atoms with E-state index in [1.165, 1.54) is 11.3 Å². The predicted octanol–water partition coefficient (Wildman–Crippen LogP) is 6.39. The number of benzene rings is 3. The van der Waals surface area contributed by atoms with Crippen LogP contribution in [-0.4, -0.2) is 4.98 Å². The molecular weight excluding hydrogens is 378 g/mol. The lowest BCUT2D eigenvalue weighted by Crippen LogP contribution is -2.02. The molecule has 2 aromatic heterocycles. The molecule has 0 aliphatic rings. The highest BCUT2D eigenvalue weighted by molar-refractivity contribution is 7.13. The lowest BCUT2D eigenvalue weighted by atomic mass is 10.0. The van der Waals surface area contributed by atoms with E-state index in [2.05, 4.69) is 4.98 Å². The van der Waals surface area contributed by atoms with Gasteiger partial charge in [-0.1, -0.05) is 54.1 Å². The molecule has 130 valence electrons. The molecule has 0 spiro atoms. The number of rotatable bonds is 2. The molecule has 0 N–H and O–H groups in total. The Hall–Kier alpha value is -2.95. The molecule has 2 heterocycles. The van der Waals surface area contributed by atoms with Crippen LogP contribution >= 0.6 is 22.9 Å². The van der Waals surface area contributed by atoms with Crippen molar-refractivity contribution < 1.29 is 4.42 Å². The number of halogens is 1. The molecule has 3 nitrogen and oxygen atoms in total. The third-order valence-corrected chi connectivity index (χ3v) is 5.64. The van der Waals surface area contributed by atoms with Gasteiger partial charge in [0.05, 0.1) is 11.3 Å². The number of thiazole rings is 1. The van der Waals surface area contributed by atoms with Crippen LogP contribution in [-0.2, 0) is 0 Å². The minimum atomic E-state index is -0.380. The quantitative estimate of drug-likeness (QED) is 0.259. The van der Waals surface area contributed by atoms with Gasteiger partial charge in [-0.05, 0) is 35.0 Å². The Kier molecular flexibility index (Phi) is 3.81. The second-order valence-corrected chi connectivity index (χ2v) is 7.49. The Bertz CT molecular complexity index is 1350. The molecule has 0 unspecified atom stereocenters. The molecular formula is C22H12ClNO2S. The zero-order valence-electron chi connectivity index (χ0n) is 14.0. The fraction of sp³-hybridized carbons (Fsp3) is 0. The van der Waals surface area contributed by atoms with E-state index in [1.807, 2.05) is 72.1 Å². The average molecular weight is 390 g/mol. The van der Waals surface area contributed by atoms with Crippen LogP contribution < -0.4 is 5.63 Å². The maximum atomic E-state index is 12.5. The maximum Gasteiger partial charge on any atom is 0.346 e. The van der Waals surface area contributed by atoms with Crippen LogP contribution in [0.2, 0.25) is 5.02 Å². The molecule has 0 amide bonds. The average Bonchev–Trinajstić information content (AvgIpc) is 3.17. The van der Waals surface area contributed by atoms with Gasteiger partial charge >= 0.3 is 5.63 Å². The van der Waals surface area contributed by atoms with Gasteiger partial charge in [-0.3, -0.25) is 0 Å². The normalized spacial score (nSPS) is 11.3. The van der Waals surface area contributed by atoms with E-state index < -0.39 is 0 Å². The van der Waals surface area contributed by atoms with Crippen molar-refractivity contribution in [2.75, 3.05) is 0 Å². The molecule has 0 fully saturated rings. The minimum Gasteiger partial charge on any atom is -0.422 e. The summed E-state index contributed by atoms with van der Waals surface area (Å²) >= 11 is 7.38. The van der Waals surface area contributed by atoms with Gasteiger partial charge in [0.2, 0.25) is 0 Å². The van der Waals surface area contributed by atoms with Gasteiger partial charge in [-0.25, -0.2) is 9.78 Å². The van der Waals surface area contributed by atoms with Gasteiger partial charge in [-0.15, -0.1) is 11.3 Å². The van der Waals surface area contributed by atoms with E-state index in [-0.39, 0.29) is 5.63 Å². The summed E-state index contributed by atoms with van der Waals surface area (Å²) in [4.78, 5) is 17.2. The number of aromatic nitrogens is 1. The number of nitrogens with zero attached hydrogens (tertiary/aromatic N) is 1. The zero-order valence-corrected chi connectivity index (χ0v) is 15.6. The number of hydrogen-bond donors (Lipinski definition) is 0. The Balaban J connectivity index is 1.69. The second kappa shape index (κ2) is 6.34. The highest BCUT2D eigenvalue weighted by Gasteiger charge is 2.14.